The van der Waals surface area contributed by atoms with Gasteiger partial charge in [-0.05, 0) is 37.1 Å². The Morgan fingerprint density at radius 2 is 1.97 bits per heavy atom. The van der Waals surface area contributed by atoms with E-state index in [1.54, 1.807) is 0 Å². The summed E-state index contributed by atoms with van der Waals surface area (Å²) < 4.78 is 0. The topological polar surface area (TPSA) is 68.3 Å². The fourth-order valence-electron chi connectivity index (χ4n) is 3.73. The molecule has 4 rings (SSSR count). The summed E-state index contributed by atoms with van der Waals surface area (Å²) in [5.41, 5.74) is 3.43. The first kappa shape index (κ1) is 21.4. The maximum absolute atomic E-state index is 4.64. The van der Waals surface area contributed by atoms with Crippen LogP contribution in [0.15, 0.2) is 59.6 Å². The standard InChI is InChI=1S/C22H28N6.HI/c1-23-22(25-17-13-15-28(16-17)18-8-3-2-4-9-18)24-14-7-12-21-26-19-10-5-6-11-20(19)27-21;/h2-6,8-11,17H,7,12-16H2,1H3,(H,26,27)(H2,23,24,25);1H. The Hall–Kier alpha value is -2.29. The molecule has 0 spiro atoms. The lowest BCUT2D eigenvalue weighted by molar-refractivity contribution is 0.641. The van der Waals surface area contributed by atoms with Gasteiger partial charge in [-0.3, -0.25) is 4.99 Å². The lowest BCUT2D eigenvalue weighted by Crippen LogP contribution is -2.44. The lowest BCUT2D eigenvalue weighted by Gasteiger charge is -2.20. The molecular weight excluding hydrogens is 475 g/mol. The highest BCUT2D eigenvalue weighted by molar-refractivity contribution is 14.0. The molecule has 3 aromatic rings. The van der Waals surface area contributed by atoms with Crippen LogP contribution in [0.2, 0.25) is 0 Å². The number of guanidine groups is 1. The molecule has 7 heteroatoms. The number of hydrogen-bond donors (Lipinski definition) is 3. The predicted octanol–water partition coefficient (Wildman–Crippen LogP) is 3.56. The Kier molecular flexibility index (Phi) is 7.74. The first-order chi connectivity index (χ1) is 13.8. The third kappa shape index (κ3) is 5.62. The lowest BCUT2D eigenvalue weighted by atomic mass is 10.2. The van der Waals surface area contributed by atoms with E-state index in [1.165, 1.54) is 5.69 Å². The molecule has 0 aliphatic carbocycles. The van der Waals surface area contributed by atoms with Crippen molar-refractivity contribution in [1.82, 2.24) is 20.6 Å². The van der Waals surface area contributed by atoms with Gasteiger partial charge in [-0.15, -0.1) is 24.0 Å². The van der Waals surface area contributed by atoms with Gasteiger partial charge in [0, 0.05) is 44.8 Å². The molecule has 6 nitrogen and oxygen atoms in total. The highest BCUT2D eigenvalue weighted by Gasteiger charge is 2.23. The highest BCUT2D eigenvalue weighted by Crippen LogP contribution is 2.19. The SMILES string of the molecule is CN=C(NCCCc1nc2ccccc2[nH]1)NC1CCN(c2ccccc2)C1.I. The number of aromatic nitrogens is 2. The second-order valence-corrected chi connectivity index (χ2v) is 7.21. The van der Waals surface area contributed by atoms with E-state index in [9.17, 15) is 0 Å². The van der Waals surface area contributed by atoms with Crippen molar-refractivity contribution in [2.75, 3.05) is 31.6 Å². The van der Waals surface area contributed by atoms with Gasteiger partial charge in [0.15, 0.2) is 5.96 Å². The number of benzene rings is 2. The fourth-order valence-corrected chi connectivity index (χ4v) is 3.73. The quantitative estimate of drug-likeness (QED) is 0.208. The van der Waals surface area contributed by atoms with Crippen LogP contribution in [-0.4, -0.2) is 48.7 Å². The number of nitrogens with zero attached hydrogens (tertiary/aromatic N) is 3. The molecule has 1 saturated heterocycles. The van der Waals surface area contributed by atoms with Crippen LogP contribution in [0.5, 0.6) is 0 Å². The number of anilines is 1. The fraction of sp³-hybridized carbons (Fsp3) is 0.364. The summed E-state index contributed by atoms with van der Waals surface area (Å²) in [6.45, 7) is 2.94. The van der Waals surface area contributed by atoms with Crippen molar-refractivity contribution >= 4 is 46.7 Å². The molecule has 1 aromatic heterocycles. The van der Waals surface area contributed by atoms with E-state index in [0.29, 0.717) is 6.04 Å². The molecule has 154 valence electrons. The van der Waals surface area contributed by atoms with Crippen LogP contribution in [0.1, 0.15) is 18.7 Å². The molecule has 0 radical (unpaired) electrons. The maximum atomic E-state index is 4.64. The van der Waals surface area contributed by atoms with Gasteiger partial charge < -0.3 is 20.5 Å². The van der Waals surface area contributed by atoms with Crippen LogP contribution >= 0.6 is 24.0 Å². The minimum absolute atomic E-state index is 0. The molecular formula is C22H29IN6. The number of hydrogen-bond acceptors (Lipinski definition) is 3. The predicted molar refractivity (Wildman–Crippen MR) is 131 cm³/mol. The Morgan fingerprint density at radius 3 is 2.76 bits per heavy atom. The van der Waals surface area contributed by atoms with Gasteiger partial charge in [-0.25, -0.2) is 4.98 Å². The van der Waals surface area contributed by atoms with E-state index >= 15 is 0 Å². The van der Waals surface area contributed by atoms with E-state index < -0.39 is 0 Å². The molecule has 1 aliphatic rings. The third-order valence-corrected chi connectivity index (χ3v) is 5.20. The van der Waals surface area contributed by atoms with Crippen molar-refractivity contribution in [2.45, 2.75) is 25.3 Å². The molecule has 1 aliphatic heterocycles. The van der Waals surface area contributed by atoms with Crippen molar-refractivity contribution in [3.63, 3.8) is 0 Å². The molecule has 0 saturated carbocycles. The smallest absolute Gasteiger partial charge is 0.191 e. The molecule has 29 heavy (non-hydrogen) atoms. The van der Waals surface area contributed by atoms with Crippen molar-refractivity contribution in [1.29, 1.82) is 0 Å². The van der Waals surface area contributed by atoms with Crippen molar-refractivity contribution in [2.24, 2.45) is 4.99 Å². The van der Waals surface area contributed by atoms with Crippen LogP contribution in [0, 0.1) is 0 Å². The monoisotopic (exact) mass is 504 g/mol. The van der Waals surface area contributed by atoms with E-state index in [-0.39, 0.29) is 24.0 Å². The minimum atomic E-state index is 0. The number of aryl methyl sites for hydroxylation is 1. The van der Waals surface area contributed by atoms with Gasteiger partial charge in [-0.2, -0.15) is 0 Å². The summed E-state index contributed by atoms with van der Waals surface area (Å²) in [6, 6.07) is 19.2. The number of halogens is 1. The molecule has 3 N–H and O–H groups in total. The third-order valence-electron chi connectivity index (χ3n) is 5.20. The summed E-state index contributed by atoms with van der Waals surface area (Å²) in [5.74, 6) is 1.92. The second-order valence-electron chi connectivity index (χ2n) is 7.21. The van der Waals surface area contributed by atoms with E-state index in [0.717, 1.165) is 61.7 Å². The molecule has 1 unspecified atom stereocenters. The Morgan fingerprint density at radius 1 is 1.17 bits per heavy atom. The highest BCUT2D eigenvalue weighted by atomic mass is 127. The van der Waals surface area contributed by atoms with Crippen molar-refractivity contribution in [3.05, 3.63) is 60.4 Å². The summed E-state index contributed by atoms with van der Waals surface area (Å²) in [7, 11) is 1.83. The van der Waals surface area contributed by atoms with Crippen LogP contribution in [0.25, 0.3) is 11.0 Å². The first-order valence-corrected chi connectivity index (χ1v) is 10.0. The molecule has 2 aromatic carbocycles. The zero-order valence-corrected chi connectivity index (χ0v) is 19.1. The van der Waals surface area contributed by atoms with E-state index in [2.05, 4.69) is 66.9 Å². The van der Waals surface area contributed by atoms with Crippen LogP contribution in [-0.2, 0) is 6.42 Å². The average Bonchev–Trinajstić information content (AvgIpc) is 3.37. The van der Waals surface area contributed by atoms with Crippen LogP contribution in [0.3, 0.4) is 0 Å². The second kappa shape index (κ2) is 10.5. The number of rotatable bonds is 6. The molecule has 1 atom stereocenters. The van der Waals surface area contributed by atoms with Crippen molar-refractivity contribution in [3.8, 4) is 0 Å². The minimum Gasteiger partial charge on any atom is -0.369 e. The molecule has 0 amide bonds. The zero-order valence-electron chi connectivity index (χ0n) is 16.8. The number of fused-ring (bicyclic) bond motifs is 1. The van der Waals surface area contributed by atoms with Gasteiger partial charge in [-0.1, -0.05) is 30.3 Å². The summed E-state index contributed by atoms with van der Waals surface area (Å²) in [4.78, 5) is 14.8. The van der Waals surface area contributed by atoms with Gasteiger partial charge in [0.25, 0.3) is 0 Å². The van der Waals surface area contributed by atoms with Gasteiger partial charge in [0.05, 0.1) is 11.0 Å². The molecule has 2 heterocycles. The Balaban J connectivity index is 0.00000240. The molecule has 1 fully saturated rings. The number of para-hydroxylation sites is 3. The van der Waals surface area contributed by atoms with Crippen LogP contribution < -0.4 is 15.5 Å². The van der Waals surface area contributed by atoms with Gasteiger partial charge >= 0.3 is 0 Å². The summed E-state index contributed by atoms with van der Waals surface area (Å²) in [5, 5.41) is 6.99. The number of imidazole rings is 1. The number of H-pyrrole nitrogens is 1. The Bertz CT molecular complexity index is 890. The van der Waals surface area contributed by atoms with Crippen LogP contribution in [0.4, 0.5) is 5.69 Å². The van der Waals surface area contributed by atoms with Crippen molar-refractivity contribution < 1.29 is 0 Å². The summed E-state index contributed by atoms with van der Waals surface area (Å²) >= 11 is 0. The number of nitrogens with one attached hydrogen (secondary N) is 3. The maximum Gasteiger partial charge on any atom is 0.191 e. The number of aliphatic imine (C=N–C) groups is 1. The average molecular weight is 504 g/mol. The van der Waals surface area contributed by atoms with E-state index in [4.69, 9.17) is 0 Å². The Labute approximate surface area is 189 Å². The van der Waals surface area contributed by atoms with Gasteiger partial charge in [0.2, 0.25) is 0 Å². The largest absolute Gasteiger partial charge is 0.369 e. The summed E-state index contributed by atoms with van der Waals surface area (Å²) in [6.07, 6.45) is 3.04. The first-order valence-electron chi connectivity index (χ1n) is 10.0. The molecule has 0 bridgehead atoms. The number of aromatic amines is 1. The van der Waals surface area contributed by atoms with Gasteiger partial charge in [0.1, 0.15) is 5.82 Å². The van der Waals surface area contributed by atoms with E-state index in [1.807, 2.05) is 25.2 Å². The normalized spacial score (nSPS) is 16.7. The zero-order chi connectivity index (χ0) is 19.2.